The highest BCUT2D eigenvalue weighted by atomic mass is 32.2. The van der Waals surface area contributed by atoms with E-state index < -0.39 is 10.8 Å². The molecule has 0 aliphatic heterocycles. The second-order valence-corrected chi connectivity index (χ2v) is 5.63. The van der Waals surface area contributed by atoms with E-state index in [0.717, 1.165) is 17.4 Å². The van der Waals surface area contributed by atoms with Gasteiger partial charge in [0.1, 0.15) is 0 Å². The maximum absolute atomic E-state index is 11.4. The Morgan fingerprint density at radius 2 is 2.08 bits per heavy atom. The van der Waals surface area contributed by atoms with Gasteiger partial charge in [-0.15, -0.1) is 0 Å². The summed E-state index contributed by atoms with van der Waals surface area (Å²) in [6, 6.07) is 0.489. The Hall–Kier alpha value is 0.110. The van der Waals surface area contributed by atoms with E-state index in [1.54, 1.807) is 0 Å². The van der Waals surface area contributed by atoms with E-state index in [9.17, 15) is 4.21 Å². The SMILES string of the molecule is CCS(=O)CC(NC)C1CCCC1. The summed E-state index contributed by atoms with van der Waals surface area (Å²) in [6.45, 7) is 2.00. The standard InChI is InChI=1S/C10H21NOS/c1-3-13(12)8-10(11-2)9-6-4-5-7-9/h9-11H,3-8H2,1-2H3. The van der Waals surface area contributed by atoms with Crippen LogP contribution < -0.4 is 5.32 Å². The van der Waals surface area contributed by atoms with Gasteiger partial charge in [-0.1, -0.05) is 19.8 Å². The molecule has 1 aliphatic rings. The van der Waals surface area contributed by atoms with Crippen LogP contribution in [0.4, 0.5) is 0 Å². The van der Waals surface area contributed by atoms with Gasteiger partial charge in [-0.3, -0.25) is 4.21 Å². The van der Waals surface area contributed by atoms with Crippen molar-refractivity contribution in [1.82, 2.24) is 5.32 Å². The van der Waals surface area contributed by atoms with Crippen molar-refractivity contribution in [3.8, 4) is 0 Å². The summed E-state index contributed by atoms with van der Waals surface area (Å²) < 4.78 is 11.4. The van der Waals surface area contributed by atoms with Crippen molar-refractivity contribution >= 4 is 10.8 Å². The van der Waals surface area contributed by atoms with Crippen LogP contribution in [0.25, 0.3) is 0 Å². The summed E-state index contributed by atoms with van der Waals surface area (Å²) in [6.07, 6.45) is 5.38. The summed E-state index contributed by atoms with van der Waals surface area (Å²) >= 11 is 0. The molecule has 0 bridgehead atoms. The van der Waals surface area contributed by atoms with E-state index >= 15 is 0 Å². The molecule has 0 amide bonds. The van der Waals surface area contributed by atoms with E-state index in [2.05, 4.69) is 5.32 Å². The molecule has 0 saturated heterocycles. The number of nitrogens with one attached hydrogen (secondary N) is 1. The quantitative estimate of drug-likeness (QED) is 0.734. The van der Waals surface area contributed by atoms with Gasteiger partial charge in [0, 0.05) is 28.3 Å². The molecule has 0 spiro atoms. The molecule has 0 radical (unpaired) electrons. The minimum atomic E-state index is -0.615. The van der Waals surface area contributed by atoms with Crippen molar-refractivity contribution in [3.05, 3.63) is 0 Å². The normalized spacial score (nSPS) is 23.2. The van der Waals surface area contributed by atoms with Crippen LogP contribution in [-0.4, -0.2) is 28.8 Å². The van der Waals surface area contributed by atoms with Crippen LogP contribution in [0.3, 0.4) is 0 Å². The molecule has 13 heavy (non-hydrogen) atoms. The molecule has 3 heteroatoms. The minimum Gasteiger partial charge on any atom is -0.316 e. The highest BCUT2D eigenvalue weighted by Crippen LogP contribution is 2.27. The van der Waals surface area contributed by atoms with Crippen molar-refractivity contribution in [2.75, 3.05) is 18.6 Å². The summed E-state index contributed by atoms with van der Waals surface area (Å²) in [5.74, 6) is 2.42. The fourth-order valence-electron chi connectivity index (χ4n) is 2.13. The lowest BCUT2D eigenvalue weighted by molar-refractivity contribution is 0.408. The van der Waals surface area contributed by atoms with Crippen LogP contribution in [0.5, 0.6) is 0 Å². The Morgan fingerprint density at radius 3 is 2.54 bits per heavy atom. The zero-order valence-electron chi connectivity index (χ0n) is 8.71. The van der Waals surface area contributed by atoms with Crippen LogP contribution in [0.1, 0.15) is 32.6 Å². The average molecular weight is 203 g/mol. The molecule has 2 atom stereocenters. The molecule has 2 unspecified atom stereocenters. The molecule has 1 N–H and O–H groups in total. The summed E-state index contributed by atoms with van der Waals surface area (Å²) in [4.78, 5) is 0. The molecule has 1 fully saturated rings. The monoisotopic (exact) mass is 203 g/mol. The van der Waals surface area contributed by atoms with Gasteiger partial charge >= 0.3 is 0 Å². The predicted molar refractivity (Wildman–Crippen MR) is 58.4 cm³/mol. The third-order valence-corrected chi connectivity index (χ3v) is 4.40. The van der Waals surface area contributed by atoms with Gasteiger partial charge in [-0.25, -0.2) is 0 Å². The number of hydrogen-bond donors (Lipinski definition) is 1. The first-order chi connectivity index (χ1) is 6.27. The second kappa shape index (κ2) is 5.76. The molecule has 2 nitrogen and oxygen atoms in total. The summed E-state index contributed by atoms with van der Waals surface area (Å²) in [7, 11) is 1.38. The van der Waals surface area contributed by atoms with Crippen molar-refractivity contribution in [1.29, 1.82) is 0 Å². The van der Waals surface area contributed by atoms with E-state index in [4.69, 9.17) is 0 Å². The number of hydrogen-bond acceptors (Lipinski definition) is 2. The Morgan fingerprint density at radius 1 is 1.46 bits per heavy atom. The smallest absolute Gasteiger partial charge is 0.0391 e. The van der Waals surface area contributed by atoms with Crippen LogP contribution in [0, 0.1) is 5.92 Å². The lowest BCUT2D eigenvalue weighted by atomic mass is 10.0. The van der Waals surface area contributed by atoms with Crippen molar-refractivity contribution in [3.63, 3.8) is 0 Å². The Kier molecular flexibility index (Phi) is 4.96. The zero-order valence-corrected chi connectivity index (χ0v) is 9.53. The molecular weight excluding hydrogens is 182 g/mol. The Balaban J connectivity index is 2.37. The summed E-state index contributed by atoms with van der Waals surface area (Å²) in [5.41, 5.74) is 0. The molecule has 1 rings (SSSR count). The lowest BCUT2D eigenvalue weighted by Crippen LogP contribution is -2.37. The van der Waals surface area contributed by atoms with Crippen LogP contribution in [-0.2, 0) is 10.8 Å². The first-order valence-corrected chi connectivity index (χ1v) is 6.79. The maximum Gasteiger partial charge on any atom is 0.0391 e. The van der Waals surface area contributed by atoms with Crippen LogP contribution in [0.2, 0.25) is 0 Å². The first kappa shape index (κ1) is 11.2. The van der Waals surface area contributed by atoms with Gasteiger partial charge in [0.25, 0.3) is 0 Å². The third-order valence-electron chi connectivity index (χ3n) is 3.03. The van der Waals surface area contributed by atoms with E-state index in [1.165, 1.54) is 25.7 Å². The minimum absolute atomic E-state index is 0.489. The first-order valence-electron chi connectivity index (χ1n) is 5.30. The van der Waals surface area contributed by atoms with Crippen molar-refractivity contribution in [2.45, 2.75) is 38.6 Å². The molecule has 1 aliphatic carbocycles. The average Bonchev–Trinajstić information content (AvgIpc) is 2.66. The van der Waals surface area contributed by atoms with Crippen molar-refractivity contribution < 1.29 is 4.21 Å². The fourth-order valence-corrected chi connectivity index (χ4v) is 3.21. The Bertz CT molecular complexity index is 166. The van der Waals surface area contributed by atoms with Gasteiger partial charge in [-0.2, -0.15) is 0 Å². The molecule has 0 aromatic heterocycles. The Labute approximate surface area is 83.9 Å². The fraction of sp³-hybridized carbons (Fsp3) is 1.00. The lowest BCUT2D eigenvalue weighted by Gasteiger charge is -2.21. The second-order valence-electron chi connectivity index (χ2n) is 3.83. The highest BCUT2D eigenvalue weighted by molar-refractivity contribution is 7.84. The molecular formula is C10H21NOS. The van der Waals surface area contributed by atoms with Gasteiger partial charge in [0.15, 0.2) is 0 Å². The van der Waals surface area contributed by atoms with Gasteiger partial charge in [-0.05, 0) is 25.8 Å². The molecule has 0 heterocycles. The van der Waals surface area contributed by atoms with Gasteiger partial charge in [0.2, 0.25) is 0 Å². The molecule has 1 saturated carbocycles. The van der Waals surface area contributed by atoms with Gasteiger partial charge < -0.3 is 5.32 Å². The highest BCUT2D eigenvalue weighted by Gasteiger charge is 2.24. The zero-order chi connectivity index (χ0) is 9.68. The maximum atomic E-state index is 11.4. The van der Waals surface area contributed by atoms with E-state index in [1.807, 2.05) is 14.0 Å². The summed E-state index contributed by atoms with van der Waals surface area (Å²) in [5, 5.41) is 3.32. The number of rotatable bonds is 5. The third kappa shape index (κ3) is 3.39. The predicted octanol–water partition coefficient (Wildman–Crippen LogP) is 1.53. The van der Waals surface area contributed by atoms with Crippen molar-refractivity contribution in [2.24, 2.45) is 5.92 Å². The van der Waals surface area contributed by atoms with E-state index in [0.29, 0.717) is 6.04 Å². The molecule has 0 aromatic rings. The van der Waals surface area contributed by atoms with E-state index in [-0.39, 0.29) is 0 Å². The molecule has 0 aromatic carbocycles. The topological polar surface area (TPSA) is 29.1 Å². The van der Waals surface area contributed by atoms with Crippen LogP contribution >= 0.6 is 0 Å². The largest absolute Gasteiger partial charge is 0.316 e. The van der Waals surface area contributed by atoms with Crippen LogP contribution in [0.15, 0.2) is 0 Å². The molecule has 78 valence electrons. The van der Waals surface area contributed by atoms with Gasteiger partial charge in [0.05, 0.1) is 0 Å².